The zero-order chi connectivity index (χ0) is 33.0. The lowest BCUT2D eigenvalue weighted by Gasteiger charge is -2.12. The molecule has 10 aromatic rings. The Balaban J connectivity index is 1.11. The molecule has 0 radical (unpaired) electrons. The summed E-state index contributed by atoms with van der Waals surface area (Å²) in [5, 5.41) is 6.55. The van der Waals surface area contributed by atoms with Crippen LogP contribution >= 0.6 is 0 Å². The summed E-state index contributed by atoms with van der Waals surface area (Å²) in [6, 6.07) is 59.1. The molecule has 0 aliphatic carbocycles. The number of fused-ring (bicyclic) bond motifs is 7. The molecule has 0 unspecified atom stereocenters. The van der Waals surface area contributed by atoms with E-state index in [-0.39, 0.29) is 0 Å². The highest BCUT2D eigenvalue weighted by molar-refractivity contribution is 6.06. The average molecular weight is 637 g/mol. The van der Waals surface area contributed by atoms with Crippen molar-refractivity contribution >= 4 is 54.4 Å². The largest absolute Gasteiger partial charge is 0.245 e. The van der Waals surface area contributed by atoms with Crippen molar-refractivity contribution in [1.82, 2.24) is 19.9 Å². The summed E-state index contributed by atoms with van der Waals surface area (Å²) in [4.78, 5) is 20.7. The minimum absolute atomic E-state index is 0.899. The molecule has 0 amide bonds. The van der Waals surface area contributed by atoms with Gasteiger partial charge < -0.3 is 0 Å². The van der Waals surface area contributed by atoms with Crippen LogP contribution in [0.5, 0.6) is 0 Å². The molecule has 0 bridgehead atoms. The number of hydrogen-bond donors (Lipinski definition) is 0. The van der Waals surface area contributed by atoms with Crippen molar-refractivity contribution in [2.75, 3.05) is 0 Å². The highest BCUT2D eigenvalue weighted by Crippen LogP contribution is 2.35. The highest BCUT2D eigenvalue weighted by atomic mass is 14.8. The maximum absolute atomic E-state index is 5.28. The molecule has 50 heavy (non-hydrogen) atoms. The van der Waals surface area contributed by atoms with Gasteiger partial charge in [0.05, 0.1) is 44.8 Å². The molecule has 0 aliphatic heterocycles. The molecule has 0 saturated carbocycles. The van der Waals surface area contributed by atoms with Crippen molar-refractivity contribution in [2.45, 2.75) is 0 Å². The maximum atomic E-state index is 5.28. The van der Waals surface area contributed by atoms with Crippen LogP contribution in [0.3, 0.4) is 0 Å². The summed E-state index contributed by atoms with van der Waals surface area (Å²) in [5.41, 5.74) is 11.6. The third kappa shape index (κ3) is 4.77. The van der Waals surface area contributed by atoms with Gasteiger partial charge in [-0.15, -0.1) is 0 Å². The first-order valence-corrected chi connectivity index (χ1v) is 16.8. The monoisotopic (exact) mass is 636 g/mol. The van der Waals surface area contributed by atoms with Crippen molar-refractivity contribution in [2.24, 2.45) is 0 Å². The molecule has 0 saturated heterocycles. The SMILES string of the molecule is c1ccc(-c2ccc3ccc4ccc(-c5ccc6cccc(-c7ccc8ccc9ccc(-c%10ccccc%10)nc9c8n7)c6c5)nc4c3n2)cc1. The van der Waals surface area contributed by atoms with Gasteiger partial charge in [0.2, 0.25) is 0 Å². The van der Waals surface area contributed by atoms with Crippen LogP contribution in [-0.2, 0) is 0 Å². The number of nitrogens with zero attached hydrogens (tertiary/aromatic N) is 4. The van der Waals surface area contributed by atoms with Crippen molar-refractivity contribution in [1.29, 1.82) is 0 Å². The van der Waals surface area contributed by atoms with E-state index in [0.717, 1.165) is 99.4 Å². The molecule has 4 heterocycles. The Morgan fingerprint density at radius 1 is 0.260 bits per heavy atom. The molecule has 6 aromatic carbocycles. The standard InChI is InChI=1S/C46H28N4/c1-3-8-30(9-4-1)39-24-20-32-15-16-34-22-26-41(49-44(34)43(32)47-39)36-19-14-29-12-7-13-37(38(29)28-36)42-27-23-35-18-17-33-21-25-40(31-10-5-2-6-11-31)48-45(33)46(35)50-42/h1-28H. The smallest absolute Gasteiger partial charge is 0.0972 e. The van der Waals surface area contributed by atoms with Crippen LogP contribution in [-0.4, -0.2) is 19.9 Å². The third-order valence-corrected chi connectivity index (χ3v) is 9.63. The van der Waals surface area contributed by atoms with E-state index < -0.39 is 0 Å². The lowest BCUT2D eigenvalue weighted by Crippen LogP contribution is -1.92. The van der Waals surface area contributed by atoms with Gasteiger partial charge in [-0.3, -0.25) is 0 Å². The number of aromatic nitrogens is 4. The zero-order valence-electron chi connectivity index (χ0n) is 27.0. The van der Waals surface area contributed by atoms with Crippen LogP contribution in [0.1, 0.15) is 0 Å². The first-order chi connectivity index (χ1) is 24.7. The normalized spacial score (nSPS) is 11.6. The number of rotatable bonds is 4. The first kappa shape index (κ1) is 28.3. The van der Waals surface area contributed by atoms with Crippen LogP contribution in [0.4, 0.5) is 0 Å². The Morgan fingerprint density at radius 3 is 1.16 bits per heavy atom. The van der Waals surface area contributed by atoms with E-state index in [1.807, 2.05) is 36.4 Å². The second-order valence-corrected chi connectivity index (χ2v) is 12.7. The fourth-order valence-electron chi connectivity index (χ4n) is 7.04. The minimum atomic E-state index is 0.899. The lowest BCUT2D eigenvalue weighted by molar-refractivity contribution is 1.36. The molecule has 0 atom stereocenters. The molecule has 10 rings (SSSR count). The molecule has 0 N–H and O–H groups in total. The first-order valence-electron chi connectivity index (χ1n) is 16.8. The topological polar surface area (TPSA) is 51.6 Å². The summed E-state index contributed by atoms with van der Waals surface area (Å²) in [7, 11) is 0. The summed E-state index contributed by atoms with van der Waals surface area (Å²) in [6.45, 7) is 0. The molecule has 4 aromatic heterocycles. The quantitative estimate of drug-likeness (QED) is 0.180. The van der Waals surface area contributed by atoms with Crippen LogP contribution in [0, 0.1) is 0 Å². The third-order valence-electron chi connectivity index (χ3n) is 9.63. The van der Waals surface area contributed by atoms with Gasteiger partial charge in [0, 0.05) is 43.8 Å². The Bertz CT molecular complexity index is 2920. The van der Waals surface area contributed by atoms with Crippen molar-refractivity contribution in [3.05, 3.63) is 170 Å². The van der Waals surface area contributed by atoms with E-state index in [1.54, 1.807) is 0 Å². The van der Waals surface area contributed by atoms with Gasteiger partial charge in [-0.1, -0.05) is 140 Å². The molecule has 232 valence electrons. The maximum Gasteiger partial charge on any atom is 0.0972 e. The summed E-state index contributed by atoms with van der Waals surface area (Å²) >= 11 is 0. The molecule has 4 heteroatoms. The Labute approximate surface area is 288 Å². The molecule has 0 fully saturated rings. The van der Waals surface area contributed by atoms with Gasteiger partial charge in [0.15, 0.2) is 0 Å². The lowest BCUT2D eigenvalue weighted by atomic mass is 9.97. The highest BCUT2D eigenvalue weighted by Gasteiger charge is 2.13. The number of pyridine rings is 4. The van der Waals surface area contributed by atoms with Crippen molar-refractivity contribution < 1.29 is 0 Å². The number of hydrogen-bond acceptors (Lipinski definition) is 4. The molecule has 0 aliphatic rings. The van der Waals surface area contributed by atoms with E-state index in [4.69, 9.17) is 19.9 Å². The van der Waals surface area contributed by atoms with Crippen molar-refractivity contribution in [3.63, 3.8) is 0 Å². The van der Waals surface area contributed by atoms with Gasteiger partial charge in [0.25, 0.3) is 0 Å². The van der Waals surface area contributed by atoms with Crippen LogP contribution < -0.4 is 0 Å². The van der Waals surface area contributed by atoms with E-state index in [9.17, 15) is 0 Å². The van der Waals surface area contributed by atoms with E-state index in [0.29, 0.717) is 0 Å². The predicted octanol–water partition coefficient (Wildman–Crippen LogP) is 11.7. The fourth-order valence-corrected chi connectivity index (χ4v) is 7.04. The zero-order valence-corrected chi connectivity index (χ0v) is 27.0. The molecular weight excluding hydrogens is 609 g/mol. The van der Waals surface area contributed by atoms with E-state index in [1.165, 1.54) is 0 Å². The van der Waals surface area contributed by atoms with Crippen LogP contribution in [0.15, 0.2) is 170 Å². The summed E-state index contributed by atoms with van der Waals surface area (Å²) < 4.78 is 0. The summed E-state index contributed by atoms with van der Waals surface area (Å²) in [6.07, 6.45) is 0. The second-order valence-electron chi connectivity index (χ2n) is 12.7. The van der Waals surface area contributed by atoms with Gasteiger partial charge in [-0.25, -0.2) is 19.9 Å². The van der Waals surface area contributed by atoms with Gasteiger partial charge in [0.1, 0.15) is 0 Å². The molecular formula is C46H28N4. The van der Waals surface area contributed by atoms with E-state index in [2.05, 4.69) is 133 Å². The minimum Gasteiger partial charge on any atom is -0.245 e. The second kappa shape index (κ2) is 11.4. The molecule has 0 spiro atoms. The Hall–Kier alpha value is -6.78. The van der Waals surface area contributed by atoms with E-state index >= 15 is 0 Å². The van der Waals surface area contributed by atoms with Crippen LogP contribution in [0.25, 0.3) is 99.4 Å². The Kier molecular flexibility index (Phi) is 6.46. The van der Waals surface area contributed by atoms with Gasteiger partial charge >= 0.3 is 0 Å². The van der Waals surface area contributed by atoms with Crippen molar-refractivity contribution in [3.8, 4) is 45.0 Å². The number of benzene rings is 6. The Morgan fingerprint density at radius 2 is 0.660 bits per heavy atom. The van der Waals surface area contributed by atoms with Crippen LogP contribution in [0.2, 0.25) is 0 Å². The molecule has 4 nitrogen and oxygen atoms in total. The average Bonchev–Trinajstić information content (AvgIpc) is 3.20. The predicted molar refractivity (Wildman–Crippen MR) is 207 cm³/mol. The summed E-state index contributed by atoms with van der Waals surface area (Å²) in [5.74, 6) is 0. The fraction of sp³-hybridized carbons (Fsp3) is 0. The van der Waals surface area contributed by atoms with Gasteiger partial charge in [-0.05, 0) is 41.1 Å². The van der Waals surface area contributed by atoms with Gasteiger partial charge in [-0.2, -0.15) is 0 Å².